The molecule has 1 fully saturated rings. The highest BCUT2D eigenvalue weighted by Gasteiger charge is 2.24. The lowest BCUT2D eigenvalue weighted by atomic mass is 10.1. The number of benzene rings is 1. The number of amides is 1. The lowest BCUT2D eigenvalue weighted by molar-refractivity contribution is 0.105. The zero-order chi connectivity index (χ0) is 21.3. The van der Waals surface area contributed by atoms with Gasteiger partial charge in [-0.15, -0.1) is 0 Å². The molecule has 9 nitrogen and oxygen atoms in total. The van der Waals surface area contributed by atoms with E-state index in [9.17, 15) is 4.79 Å². The van der Waals surface area contributed by atoms with Gasteiger partial charge in [0.1, 0.15) is 5.82 Å². The molecule has 1 saturated heterocycles. The van der Waals surface area contributed by atoms with Crippen LogP contribution in [0, 0.1) is 13.8 Å². The fourth-order valence-corrected chi connectivity index (χ4v) is 3.63. The number of aryl methyl sites for hydroxylation is 3. The van der Waals surface area contributed by atoms with Crippen molar-refractivity contribution < 1.29 is 9.53 Å². The first kappa shape index (κ1) is 19.9. The molecule has 0 bridgehead atoms. The van der Waals surface area contributed by atoms with Crippen LogP contribution in [0.25, 0.3) is 11.0 Å². The van der Waals surface area contributed by atoms with E-state index in [-0.39, 0.29) is 6.09 Å². The second-order valence-electron chi connectivity index (χ2n) is 7.49. The van der Waals surface area contributed by atoms with E-state index in [1.807, 2.05) is 14.0 Å². The third-order valence-corrected chi connectivity index (χ3v) is 5.30. The van der Waals surface area contributed by atoms with Gasteiger partial charge in [-0.3, -0.25) is 4.68 Å². The molecule has 2 aromatic heterocycles. The normalized spacial score (nSPS) is 14.3. The van der Waals surface area contributed by atoms with Gasteiger partial charge in [-0.2, -0.15) is 15.1 Å². The van der Waals surface area contributed by atoms with Crippen molar-refractivity contribution >= 4 is 34.6 Å². The number of rotatable bonds is 4. The van der Waals surface area contributed by atoms with Gasteiger partial charge in [0.2, 0.25) is 5.95 Å². The van der Waals surface area contributed by atoms with E-state index in [1.165, 1.54) is 5.56 Å². The van der Waals surface area contributed by atoms with Crippen molar-refractivity contribution in [2.45, 2.75) is 20.8 Å². The highest BCUT2D eigenvalue weighted by Crippen LogP contribution is 2.28. The predicted molar refractivity (Wildman–Crippen MR) is 116 cm³/mol. The molecule has 0 aliphatic carbocycles. The molecule has 30 heavy (non-hydrogen) atoms. The van der Waals surface area contributed by atoms with Crippen molar-refractivity contribution in [3.8, 4) is 0 Å². The Kier molecular flexibility index (Phi) is 5.43. The summed E-state index contributed by atoms with van der Waals surface area (Å²) >= 11 is 0. The van der Waals surface area contributed by atoms with Crippen LogP contribution >= 0.6 is 0 Å². The highest BCUT2D eigenvalue weighted by molar-refractivity contribution is 5.89. The largest absolute Gasteiger partial charge is 0.450 e. The van der Waals surface area contributed by atoms with Gasteiger partial charge in [0.25, 0.3) is 0 Å². The summed E-state index contributed by atoms with van der Waals surface area (Å²) in [7, 11) is 1.87. The molecule has 9 heteroatoms. The number of nitrogens with zero attached hydrogens (tertiary/aromatic N) is 6. The number of carbonyl (C=O) groups excluding carboxylic acids is 1. The van der Waals surface area contributed by atoms with E-state index in [1.54, 1.807) is 15.8 Å². The van der Waals surface area contributed by atoms with E-state index in [0.29, 0.717) is 38.7 Å². The highest BCUT2D eigenvalue weighted by atomic mass is 16.6. The first-order valence-corrected chi connectivity index (χ1v) is 10.2. The smallest absolute Gasteiger partial charge is 0.409 e. The predicted octanol–water partition coefficient (Wildman–Crippen LogP) is 3.00. The quantitative estimate of drug-likeness (QED) is 0.709. The molecule has 1 amide bonds. The van der Waals surface area contributed by atoms with Crippen molar-refractivity contribution in [1.29, 1.82) is 0 Å². The maximum atomic E-state index is 12.0. The van der Waals surface area contributed by atoms with Crippen LogP contribution in [0.3, 0.4) is 0 Å². The number of ether oxygens (including phenoxy) is 1. The Morgan fingerprint density at radius 3 is 2.63 bits per heavy atom. The summed E-state index contributed by atoms with van der Waals surface area (Å²) < 4.78 is 6.86. The van der Waals surface area contributed by atoms with Gasteiger partial charge in [-0.1, -0.05) is 17.7 Å². The maximum absolute atomic E-state index is 12.0. The van der Waals surface area contributed by atoms with Gasteiger partial charge in [0.05, 0.1) is 18.2 Å². The summed E-state index contributed by atoms with van der Waals surface area (Å²) in [5, 5.41) is 8.69. The molecule has 0 unspecified atom stereocenters. The summed E-state index contributed by atoms with van der Waals surface area (Å²) in [6.45, 7) is 8.79. The number of nitrogens with one attached hydrogen (secondary N) is 1. The summed E-state index contributed by atoms with van der Waals surface area (Å²) in [5.74, 6) is 1.35. The molecule has 158 valence electrons. The molecule has 0 radical (unpaired) electrons. The van der Waals surface area contributed by atoms with E-state index >= 15 is 0 Å². The van der Waals surface area contributed by atoms with Crippen LogP contribution in [-0.4, -0.2) is 63.5 Å². The summed E-state index contributed by atoms with van der Waals surface area (Å²) in [6, 6.07) is 6.28. The van der Waals surface area contributed by atoms with Gasteiger partial charge in [-0.05, 0) is 32.4 Å². The average molecular weight is 409 g/mol. The molecular formula is C21H27N7O2. The standard InChI is InChI=1S/C21H27N7O2/c1-5-30-21(29)28-10-8-27(9-11-28)20-24-18(16-13-22-26(4)19(16)25-20)23-17-7-6-14(2)12-15(17)3/h6-7,12-13H,5,8-11H2,1-4H3,(H,23,24,25). The molecule has 0 saturated carbocycles. The van der Waals surface area contributed by atoms with Crippen LogP contribution in [0.4, 0.5) is 22.2 Å². The van der Waals surface area contributed by atoms with Gasteiger partial charge >= 0.3 is 6.09 Å². The van der Waals surface area contributed by atoms with Crippen molar-refractivity contribution in [1.82, 2.24) is 24.6 Å². The van der Waals surface area contributed by atoms with Crippen LogP contribution < -0.4 is 10.2 Å². The fourth-order valence-electron chi connectivity index (χ4n) is 3.63. The Labute approximate surface area is 175 Å². The topological polar surface area (TPSA) is 88.4 Å². The number of aromatic nitrogens is 4. The minimum Gasteiger partial charge on any atom is -0.450 e. The SMILES string of the molecule is CCOC(=O)N1CCN(c2nc(Nc3ccc(C)cc3C)c3cnn(C)c3n2)CC1. The number of anilines is 3. The second kappa shape index (κ2) is 8.17. The van der Waals surface area contributed by atoms with Crippen molar-refractivity contribution in [2.24, 2.45) is 7.05 Å². The second-order valence-corrected chi connectivity index (χ2v) is 7.49. The summed E-state index contributed by atoms with van der Waals surface area (Å²) in [6.07, 6.45) is 1.52. The maximum Gasteiger partial charge on any atom is 0.409 e. The molecule has 3 heterocycles. The Balaban J connectivity index is 1.62. The number of carbonyl (C=O) groups is 1. The Hall–Kier alpha value is -3.36. The van der Waals surface area contributed by atoms with E-state index in [2.05, 4.69) is 47.4 Å². The van der Waals surface area contributed by atoms with E-state index < -0.39 is 0 Å². The Morgan fingerprint density at radius 1 is 1.17 bits per heavy atom. The van der Waals surface area contributed by atoms with Crippen molar-refractivity contribution in [3.63, 3.8) is 0 Å². The average Bonchev–Trinajstić information content (AvgIpc) is 3.11. The van der Waals surface area contributed by atoms with Gasteiger partial charge in [0.15, 0.2) is 5.65 Å². The van der Waals surface area contributed by atoms with Crippen molar-refractivity contribution in [2.75, 3.05) is 43.0 Å². The fraction of sp³-hybridized carbons (Fsp3) is 0.429. The number of hydrogen-bond acceptors (Lipinski definition) is 7. The minimum atomic E-state index is -0.266. The molecule has 0 atom stereocenters. The molecule has 3 aromatic rings. The zero-order valence-corrected chi connectivity index (χ0v) is 17.8. The monoisotopic (exact) mass is 409 g/mol. The third kappa shape index (κ3) is 3.87. The summed E-state index contributed by atoms with van der Waals surface area (Å²) in [5.41, 5.74) is 4.13. The Morgan fingerprint density at radius 2 is 1.93 bits per heavy atom. The van der Waals surface area contributed by atoms with Crippen LogP contribution in [0.15, 0.2) is 24.4 Å². The van der Waals surface area contributed by atoms with E-state index in [0.717, 1.165) is 28.1 Å². The van der Waals surface area contributed by atoms with Gasteiger partial charge < -0.3 is 19.9 Å². The zero-order valence-electron chi connectivity index (χ0n) is 17.8. The van der Waals surface area contributed by atoms with Crippen LogP contribution in [0.1, 0.15) is 18.1 Å². The van der Waals surface area contributed by atoms with E-state index in [4.69, 9.17) is 14.7 Å². The Bertz CT molecular complexity index is 1070. The van der Waals surface area contributed by atoms with Crippen molar-refractivity contribution in [3.05, 3.63) is 35.5 Å². The molecular weight excluding hydrogens is 382 g/mol. The third-order valence-electron chi connectivity index (χ3n) is 5.30. The van der Waals surface area contributed by atoms with Crippen LogP contribution in [0.2, 0.25) is 0 Å². The number of fused-ring (bicyclic) bond motifs is 1. The molecule has 1 N–H and O–H groups in total. The molecule has 4 rings (SSSR count). The number of piperazine rings is 1. The molecule has 1 aliphatic rings. The summed E-state index contributed by atoms with van der Waals surface area (Å²) in [4.78, 5) is 25.3. The molecule has 1 aliphatic heterocycles. The lowest BCUT2D eigenvalue weighted by Crippen LogP contribution is -2.49. The molecule has 0 spiro atoms. The first-order chi connectivity index (χ1) is 14.5. The van der Waals surface area contributed by atoms with Gasteiger partial charge in [0, 0.05) is 38.9 Å². The van der Waals surface area contributed by atoms with Gasteiger partial charge in [-0.25, -0.2) is 4.79 Å². The number of hydrogen-bond donors (Lipinski definition) is 1. The lowest BCUT2D eigenvalue weighted by Gasteiger charge is -2.34. The van der Waals surface area contributed by atoms with Crippen LogP contribution in [-0.2, 0) is 11.8 Å². The minimum absolute atomic E-state index is 0.266. The van der Waals surface area contributed by atoms with Crippen LogP contribution in [0.5, 0.6) is 0 Å². The molecule has 1 aromatic carbocycles. The first-order valence-electron chi connectivity index (χ1n) is 10.2.